The molecule has 14 heavy (non-hydrogen) atoms. The largest absolute Gasteiger partial charge is 0.299 e. The van der Waals surface area contributed by atoms with Crippen LogP contribution in [0.4, 0.5) is 0 Å². The zero-order valence-corrected chi connectivity index (χ0v) is 9.16. The normalized spacial score (nSPS) is 22.0. The Kier molecular flexibility index (Phi) is 2.87. The van der Waals surface area contributed by atoms with Crippen LogP contribution in [0.3, 0.4) is 0 Å². The van der Waals surface area contributed by atoms with Crippen molar-refractivity contribution in [2.24, 2.45) is 0 Å². The molecule has 0 aliphatic carbocycles. The van der Waals surface area contributed by atoms with E-state index in [1.807, 2.05) is 0 Å². The standard InChI is InChI=1S/C13H19N/c1-3-6-13-12-8-5-4-7-11(12)9-10-14(13)2/h4-5,7-8,13H,3,6,9-10H2,1-2H3. The van der Waals surface area contributed by atoms with Crippen LogP contribution in [0, 0.1) is 0 Å². The van der Waals surface area contributed by atoms with Gasteiger partial charge in [-0.2, -0.15) is 0 Å². The van der Waals surface area contributed by atoms with Crippen molar-refractivity contribution >= 4 is 0 Å². The first-order chi connectivity index (χ1) is 6.83. The third-order valence-corrected chi connectivity index (χ3v) is 3.24. The molecule has 1 aliphatic heterocycles. The predicted molar refractivity (Wildman–Crippen MR) is 60.4 cm³/mol. The van der Waals surface area contributed by atoms with Crippen LogP contribution >= 0.6 is 0 Å². The number of benzene rings is 1. The first-order valence-electron chi connectivity index (χ1n) is 5.61. The van der Waals surface area contributed by atoms with Crippen molar-refractivity contribution in [3.05, 3.63) is 35.4 Å². The fraction of sp³-hybridized carbons (Fsp3) is 0.538. The van der Waals surface area contributed by atoms with Crippen molar-refractivity contribution in [3.8, 4) is 0 Å². The minimum atomic E-state index is 0.657. The van der Waals surface area contributed by atoms with Gasteiger partial charge in [-0.25, -0.2) is 0 Å². The molecule has 0 saturated heterocycles. The molecule has 76 valence electrons. The van der Waals surface area contributed by atoms with E-state index in [9.17, 15) is 0 Å². The van der Waals surface area contributed by atoms with Gasteiger partial charge >= 0.3 is 0 Å². The van der Waals surface area contributed by atoms with E-state index in [4.69, 9.17) is 0 Å². The zero-order chi connectivity index (χ0) is 9.97. The lowest BCUT2D eigenvalue weighted by molar-refractivity contribution is 0.218. The van der Waals surface area contributed by atoms with Gasteiger partial charge in [0.25, 0.3) is 0 Å². The van der Waals surface area contributed by atoms with E-state index in [2.05, 4.69) is 43.1 Å². The highest BCUT2D eigenvalue weighted by atomic mass is 15.1. The summed E-state index contributed by atoms with van der Waals surface area (Å²) in [7, 11) is 2.25. The number of fused-ring (bicyclic) bond motifs is 1. The first-order valence-corrected chi connectivity index (χ1v) is 5.61. The zero-order valence-electron chi connectivity index (χ0n) is 9.16. The molecule has 0 amide bonds. The number of hydrogen-bond acceptors (Lipinski definition) is 1. The SMILES string of the molecule is CCCC1c2ccccc2CCN1C. The van der Waals surface area contributed by atoms with Crippen molar-refractivity contribution in [2.45, 2.75) is 32.2 Å². The quantitative estimate of drug-likeness (QED) is 0.691. The maximum atomic E-state index is 2.49. The van der Waals surface area contributed by atoms with Gasteiger partial charge in [-0.1, -0.05) is 37.6 Å². The molecule has 1 heterocycles. The van der Waals surface area contributed by atoms with E-state index in [0.29, 0.717) is 6.04 Å². The van der Waals surface area contributed by atoms with Gasteiger partial charge in [0.1, 0.15) is 0 Å². The first kappa shape index (κ1) is 9.72. The van der Waals surface area contributed by atoms with Crippen LogP contribution in [0.25, 0.3) is 0 Å². The average Bonchev–Trinajstić information content (AvgIpc) is 2.23. The summed E-state index contributed by atoms with van der Waals surface area (Å²) in [6.07, 6.45) is 3.77. The fourth-order valence-corrected chi connectivity index (χ4v) is 2.43. The molecule has 1 aliphatic rings. The molecular formula is C13H19N. The van der Waals surface area contributed by atoms with E-state index in [1.165, 1.54) is 25.8 Å². The highest BCUT2D eigenvalue weighted by molar-refractivity contribution is 5.32. The van der Waals surface area contributed by atoms with E-state index < -0.39 is 0 Å². The fourth-order valence-electron chi connectivity index (χ4n) is 2.43. The second-order valence-corrected chi connectivity index (χ2v) is 4.23. The molecule has 1 nitrogen and oxygen atoms in total. The monoisotopic (exact) mass is 189 g/mol. The van der Waals surface area contributed by atoms with Gasteiger partial charge < -0.3 is 0 Å². The molecular weight excluding hydrogens is 170 g/mol. The third kappa shape index (κ3) is 1.69. The van der Waals surface area contributed by atoms with E-state index in [-0.39, 0.29) is 0 Å². The Balaban J connectivity index is 2.31. The Morgan fingerprint density at radius 3 is 2.93 bits per heavy atom. The molecule has 0 bridgehead atoms. The van der Waals surface area contributed by atoms with Crippen LogP contribution in [0.15, 0.2) is 24.3 Å². The molecule has 2 rings (SSSR count). The van der Waals surface area contributed by atoms with Gasteiger partial charge in [-0.05, 0) is 31.0 Å². The summed E-state index contributed by atoms with van der Waals surface area (Å²) in [6.45, 7) is 3.48. The maximum Gasteiger partial charge on any atom is 0.0347 e. The lowest BCUT2D eigenvalue weighted by atomic mass is 9.90. The van der Waals surface area contributed by atoms with Crippen LogP contribution in [0.5, 0.6) is 0 Å². The van der Waals surface area contributed by atoms with E-state index in [1.54, 1.807) is 11.1 Å². The van der Waals surface area contributed by atoms with Crippen molar-refractivity contribution < 1.29 is 0 Å². The molecule has 1 atom stereocenters. The molecule has 0 radical (unpaired) electrons. The van der Waals surface area contributed by atoms with Crippen LogP contribution in [0.1, 0.15) is 36.9 Å². The van der Waals surface area contributed by atoms with Crippen LogP contribution in [-0.2, 0) is 6.42 Å². The highest BCUT2D eigenvalue weighted by Gasteiger charge is 2.22. The number of likely N-dealkylation sites (N-methyl/N-ethyl adjacent to an activating group) is 1. The Morgan fingerprint density at radius 1 is 1.36 bits per heavy atom. The van der Waals surface area contributed by atoms with Crippen molar-refractivity contribution in [1.29, 1.82) is 0 Å². The molecule has 0 fully saturated rings. The van der Waals surface area contributed by atoms with Gasteiger partial charge in [-0.3, -0.25) is 4.90 Å². The summed E-state index contributed by atoms with van der Waals surface area (Å²) in [5, 5.41) is 0. The number of nitrogens with zero attached hydrogens (tertiary/aromatic N) is 1. The molecule has 1 aromatic carbocycles. The van der Waals surface area contributed by atoms with Crippen molar-refractivity contribution in [1.82, 2.24) is 4.90 Å². The van der Waals surface area contributed by atoms with Gasteiger partial charge in [0.05, 0.1) is 0 Å². The van der Waals surface area contributed by atoms with Crippen LogP contribution in [0.2, 0.25) is 0 Å². The predicted octanol–water partition coefficient (Wildman–Crippen LogP) is 3.02. The van der Waals surface area contributed by atoms with Gasteiger partial charge in [0.15, 0.2) is 0 Å². The Morgan fingerprint density at radius 2 is 2.14 bits per heavy atom. The maximum absolute atomic E-state index is 2.49. The summed E-state index contributed by atoms with van der Waals surface area (Å²) in [5.74, 6) is 0. The summed E-state index contributed by atoms with van der Waals surface area (Å²) in [6, 6.07) is 9.56. The lowest BCUT2D eigenvalue weighted by Gasteiger charge is -2.34. The molecule has 1 heteroatoms. The second kappa shape index (κ2) is 4.14. The summed E-state index contributed by atoms with van der Waals surface area (Å²) < 4.78 is 0. The van der Waals surface area contributed by atoms with Crippen LogP contribution in [-0.4, -0.2) is 18.5 Å². The number of rotatable bonds is 2. The van der Waals surface area contributed by atoms with Crippen molar-refractivity contribution in [3.63, 3.8) is 0 Å². The summed E-state index contributed by atoms with van der Waals surface area (Å²) in [5.41, 5.74) is 3.12. The summed E-state index contributed by atoms with van der Waals surface area (Å²) >= 11 is 0. The lowest BCUT2D eigenvalue weighted by Crippen LogP contribution is -2.31. The van der Waals surface area contributed by atoms with Gasteiger partial charge in [-0.15, -0.1) is 0 Å². The molecule has 0 N–H and O–H groups in total. The molecule has 0 spiro atoms. The molecule has 1 aromatic rings. The number of hydrogen-bond donors (Lipinski definition) is 0. The van der Waals surface area contributed by atoms with E-state index in [0.717, 1.165) is 0 Å². The average molecular weight is 189 g/mol. The molecule has 1 unspecified atom stereocenters. The van der Waals surface area contributed by atoms with Crippen molar-refractivity contribution in [2.75, 3.05) is 13.6 Å². The Bertz CT molecular complexity index is 306. The molecule has 0 saturated carbocycles. The van der Waals surface area contributed by atoms with E-state index >= 15 is 0 Å². The van der Waals surface area contributed by atoms with Gasteiger partial charge in [0.2, 0.25) is 0 Å². The van der Waals surface area contributed by atoms with Gasteiger partial charge in [0, 0.05) is 12.6 Å². The minimum Gasteiger partial charge on any atom is -0.299 e. The second-order valence-electron chi connectivity index (χ2n) is 4.23. The Hall–Kier alpha value is -0.820. The minimum absolute atomic E-state index is 0.657. The topological polar surface area (TPSA) is 3.24 Å². The smallest absolute Gasteiger partial charge is 0.0347 e. The Labute approximate surface area is 86.7 Å². The molecule has 0 aromatic heterocycles. The third-order valence-electron chi connectivity index (χ3n) is 3.24. The summed E-state index contributed by atoms with van der Waals surface area (Å²) in [4.78, 5) is 2.49. The highest BCUT2D eigenvalue weighted by Crippen LogP contribution is 2.31. The van der Waals surface area contributed by atoms with Crippen LogP contribution < -0.4 is 0 Å².